The molecule has 2 aliphatic carbocycles. The normalized spacial score (nSPS) is 19.6. The molecule has 146 valence electrons. The maximum absolute atomic E-state index is 9.82. The number of nitrogen functional groups attached to an aromatic ring is 1. The van der Waals surface area contributed by atoms with Crippen LogP contribution in [-0.2, 0) is 10.3 Å². The van der Waals surface area contributed by atoms with Crippen molar-refractivity contribution < 1.29 is 9.94 Å². The van der Waals surface area contributed by atoms with E-state index < -0.39 is 5.41 Å². The monoisotopic (exact) mass is 389 g/mol. The molecule has 0 amide bonds. The van der Waals surface area contributed by atoms with E-state index in [0.717, 1.165) is 21.7 Å². The van der Waals surface area contributed by atoms with Gasteiger partial charge < -0.3 is 21.4 Å². The lowest BCUT2D eigenvalue weighted by Crippen LogP contribution is -2.35. The van der Waals surface area contributed by atoms with Gasteiger partial charge in [0.15, 0.2) is 5.06 Å². The highest BCUT2D eigenvalue weighted by molar-refractivity contribution is 7.17. The van der Waals surface area contributed by atoms with Crippen molar-refractivity contribution in [2.24, 2.45) is 10.9 Å². The van der Waals surface area contributed by atoms with E-state index in [1.54, 1.807) is 6.07 Å². The number of aromatic hydroxyl groups is 1. The number of thiophene rings is 1. The zero-order valence-corrected chi connectivity index (χ0v) is 16.8. The zero-order chi connectivity index (χ0) is 19.6. The molecule has 8 heteroatoms. The average molecular weight is 390 g/mol. The minimum Gasteiger partial charge on any atom is -0.499 e. The van der Waals surface area contributed by atoms with Crippen LogP contribution in [0.4, 0.5) is 5.82 Å². The number of oxime groups is 1. The molecule has 1 saturated carbocycles. The van der Waals surface area contributed by atoms with Crippen molar-refractivity contribution in [3.8, 4) is 15.6 Å². The van der Waals surface area contributed by atoms with Gasteiger partial charge in [0.1, 0.15) is 19.3 Å². The molecule has 0 aromatic carbocycles. The molecular formula is C19H27N5O2S. The van der Waals surface area contributed by atoms with Crippen LogP contribution in [0.1, 0.15) is 57.1 Å². The lowest BCUT2D eigenvalue weighted by molar-refractivity contribution is 0.211. The fraction of sp³-hybridized carbons (Fsp3) is 0.526. The van der Waals surface area contributed by atoms with Crippen molar-refractivity contribution in [3.05, 3.63) is 23.5 Å². The predicted molar refractivity (Wildman–Crippen MR) is 109 cm³/mol. The smallest absolute Gasteiger partial charge is 0.172 e. The molecule has 1 fully saturated rings. The molecule has 0 aliphatic heterocycles. The van der Waals surface area contributed by atoms with E-state index in [4.69, 9.17) is 16.3 Å². The molecule has 27 heavy (non-hydrogen) atoms. The first-order chi connectivity index (χ1) is 12.9. The van der Waals surface area contributed by atoms with Crippen LogP contribution < -0.4 is 11.5 Å². The quantitative estimate of drug-likeness (QED) is 0.643. The Labute approximate surface area is 163 Å². The summed E-state index contributed by atoms with van der Waals surface area (Å²) in [4.78, 5) is 14.2. The van der Waals surface area contributed by atoms with Gasteiger partial charge in [0.25, 0.3) is 0 Å². The average Bonchev–Trinajstić information content (AvgIpc) is 3.01. The second-order valence-corrected chi connectivity index (χ2v) is 8.49. The standard InChI is InChI=1S/C13H14N4O2S.C6H13N/c1-13(2)8-9(15-5-16-12(8)14)10-6(4-7(18)20-10)11(13)17-19-3;7-6-4-2-1-3-5-6/h4-5,18H,1-3H3,(H2,14,15,16);6H,1-5,7H2/b17-11+;. The van der Waals surface area contributed by atoms with Crippen molar-refractivity contribution in [2.45, 2.75) is 57.4 Å². The van der Waals surface area contributed by atoms with E-state index in [0.29, 0.717) is 17.6 Å². The van der Waals surface area contributed by atoms with E-state index in [1.807, 2.05) is 13.8 Å². The number of rotatable bonds is 1. The third-order valence-corrected chi connectivity index (χ3v) is 6.06. The van der Waals surface area contributed by atoms with Crippen molar-refractivity contribution >= 4 is 22.9 Å². The van der Waals surface area contributed by atoms with Crippen molar-refractivity contribution in [2.75, 3.05) is 12.8 Å². The van der Waals surface area contributed by atoms with Crippen LogP contribution in [0.3, 0.4) is 0 Å². The molecule has 2 aromatic heterocycles. The highest BCUT2D eigenvalue weighted by atomic mass is 32.1. The molecule has 0 radical (unpaired) electrons. The van der Waals surface area contributed by atoms with E-state index in [1.165, 1.54) is 56.9 Å². The summed E-state index contributed by atoms with van der Waals surface area (Å²) < 4.78 is 0. The van der Waals surface area contributed by atoms with Crippen LogP contribution in [0.5, 0.6) is 5.06 Å². The number of nitrogens with two attached hydrogens (primary N) is 2. The van der Waals surface area contributed by atoms with Gasteiger partial charge in [0, 0.05) is 28.7 Å². The highest BCUT2D eigenvalue weighted by Crippen LogP contribution is 2.48. The molecule has 4 rings (SSSR count). The second kappa shape index (κ2) is 7.82. The first-order valence-corrected chi connectivity index (χ1v) is 9.99. The number of nitrogens with zero attached hydrogens (tertiary/aromatic N) is 3. The van der Waals surface area contributed by atoms with Gasteiger partial charge in [-0.3, -0.25) is 0 Å². The van der Waals surface area contributed by atoms with Crippen molar-refractivity contribution in [1.29, 1.82) is 0 Å². The summed E-state index contributed by atoms with van der Waals surface area (Å²) in [6.45, 7) is 3.97. The topological polar surface area (TPSA) is 120 Å². The SMILES string of the molecule is CO/N=C1\c2cc(O)sc2-c2ncnc(N)c2C1(C)C.NC1CCCCC1. The third kappa shape index (κ3) is 3.77. The van der Waals surface area contributed by atoms with Gasteiger partial charge in [-0.25, -0.2) is 9.97 Å². The van der Waals surface area contributed by atoms with E-state index in [9.17, 15) is 5.11 Å². The third-order valence-electron chi connectivity index (χ3n) is 5.12. The fourth-order valence-corrected chi connectivity index (χ4v) is 4.66. The molecule has 2 aromatic rings. The minimum absolute atomic E-state index is 0.208. The summed E-state index contributed by atoms with van der Waals surface area (Å²) in [7, 11) is 1.50. The second-order valence-electron chi connectivity index (χ2n) is 7.46. The largest absolute Gasteiger partial charge is 0.499 e. The summed E-state index contributed by atoms with van der Waals surface area (Å²) in [5, 5.41) is 14.2. The minimum atomic E-state index is -0.503. The van der Waals surface area contributed by atoms with Crippen LogP contribution in [0.25, 0.3) is 10.6 Å². The number of anilines is 1. The lowest BCUT2D eigenvalue weighted by Gasteiger charge is -2.32. The highest BCUT2D eigenvalue weighted by Gasteiger charge is 2.42. The molecule has 0 saturated heterocycles. The Morgan fingerprint density at radius 2 is 1.96 bits per heavy atom. The zero-order valence-electron chi connectivity index (χ0n) is 16.0. The van der Waals surface area contributed by atoms with Gasteiger partial charge in [-0.15, -0.1) is 0 Å². The van der Waals surface area contributed by atoms with Crippen LogP contribution in [0.15, 0.2) is 17.5 Å². The summed E-state index contributed by atoms with van der Waals surface area (Å²) in [6, 6.07) is 2.22. The van der Waals surface area contributed by atoms with Crippen LogP contribution in [0, 0.1) is 0 Å². The molecule has 7 nitrogen and oxygen atoms in total. The van der Waals surface area contributed by atoms with Crippen LogP contribution in [0.2, 0.25) is 0 Å². The predicted octanol–water partition coefficient (Wildman–Crippen LogP) is 3.41. The number of fused-ring (bicyclic) bond motifs is 3. The van der Waals surface area contributed by atoms with Gasteiger partial charge in [0.2, 0.25) is 0 Å². The number of aromatic nitrogens is 2. The number of hydrogen-bond donors (Lipinski definition) is 3. The molecule has 2 aliphatic rings. The molecular weight excluding hydrogens is 362 g/mol. The van der Waals surface area contributed by atoms with Gasteiger partial charge in [0.05, 0.1) is 16.3 Å². The molecule has 2 heterocycles. The van der Waals surface area contributed by atoms with Gasteiger partial charge in [-0.2, -0.15) is 0 Å². The fourth-order valence-electron chi connectivity index (χ4n) is 3.76. The Kier molecular flexibility index (Phi) is 5.67. The van der Waals surface area contributed by atoms with E-state index in [2.05, 4.69) is 15.1 Å². The Hall–Kier alpha value is -2.19. The van der Waals surface area contributed by atoms with Crippen molar-refractivity contribution in [1.82, 2.24) is 9.97 Å². The van der Waals surface area contributed by atoms with Crippen LogP contribution >= 0.6 is 11.3 Å². The van der Waals surface area contributed by atoms with E-state index in [-0.39, 0.29) is 5.06 Å². The number of hydrogen-bond acceptors (Lipinski definition) is 8. The molecule has 0 spiro atoms. The van der Waals surface area contributed by atoms with Gasteiger partial charge >= 0.3 is 0 Å². The Morgan fingerprint density at radius 1 is 1.26 bits per heavy atom. The summed E-state index contributed by atoms with van der Waals surface area (Å²) in [5.74, 6) is 0.419. The first-order valence-electron chi connectivity index (χ1n) is 9.18. The maximum atomic E-state index is 9.82. The summed E-state index contributed by atoms with van der Waals surface area (Å²) >= 11 is 1.25. The molecule has 0 bridgehead atoms. The molecule has 0 unspecified atom stereocenters. The molecule has 0 atom stereocenters. The van der Waals surface area contributed by atoms with Crippen LogP contribution in [-0.4, -0.2) is 33.9 Å². The summed E-state index contributed by atoms with van der Waals surface area (Å²) in [5.41, 5.74) is 14.3. The Bertz CT molecular complexity index is 841. The van der Waals surface area contributed by atoms with Gasteiger partial charge in [-0.1, -0.05) is 35.8 Å². The molecule has 5 N–H and O–H groups in total. The van der Waals surface area contributed by atoms with Gasteiger partial charge in [-0.05, 0) is 26.7 Å². The maximum Gasteiger partial charge on any atom is 0.172 e. The Balaban J connectivity index is 0.000000253. The lowest BCUT2D eigenvalue weighted by atomic mass is 9.72. The Morgan fingerprint density at radius 3 is 2.56 bits per heavy atom. The first kappa shape index (κ1) is 19.6. The van der Waals surface area contributed by atoms with Crippen molar-refractivity contribution in [3.63, 3.8) is 0 Å². The van der Waals surface area contributed by atoms with E-state index >= 15 is 0 Å². The summed E-state index contributed by atoms with van der Waals surface area (Å²) in [6.07, 6.45) is 8.10.